The Labute approximate surface area is 133 Å². The highest BCUT2D eigenvalue weighted by Gasteiger charge is 2.19. The fourth-order valence-corrected chi connectivity index (χ4v) is 2.78. The molecule has 0 bridgehead atoms. The lowest BCUT2D eigenvalue weighted by atomic mass is 10.1. The van der Waals surface area contributed by atoms with Crippen LogP contribution in [0.1, 0.15) is 26.2 Å². The molecule has 0 unspecified atom stereocenters. The molecular formula is C16H17ClN4O. The summed E-state index contributed by atoms with van der Waals surface area (Å²) in [5.74, 6) is 0. The highest BCUT2D eigenvalue weighted by Crippen LogP contribution is 2.34. The molecule has 0 atom stereocenters. The van der Waals surface area contributed by atoms with Crippen molar-refractivity contribution in [1.29, 1.82) is 0 Å². The van der Waals surface area contributed by atoms with Gasteiger partial charge in [-0.25, -0.2) is 4.98 Å². The number of aromatic hydroxyl groups is 1. The quantitative estimate of drug-likeness (QED) is 0.721. The van der Waals surface area contributed by atoms with E-state index in [1.165, 1.54) is 0 Å². The van der Waals surface area contributed by atoms with Crippen molar-refractivity contribution in [1.82, 2.24) is 19.5 Å². The predicted molar refractivity (Wildman–Crippen MR) is 87.0 cm³/mol. The van der Waals surface area contributed by atoms with Crippen LogP contribution in [0.3, 0.4) is 0 Å². The summed E-state index contributed by atoms with van der Waals surface area (Å²) in [5.41, 5.74) is 2.73. The fraction of sp³-hybridized carbons (Fsp3) is 0.312. The van der Waals surface area contributed by atoms with Crippen molar-refractivity contribution in [2.45, 2.75) is 32.7 Å². The summed E-state index contributed by atoms with van der Waals surface area (Å²) >= 11 is 6.36. The first kappa shape index (κ1) is 14.8. The number of hydrogen-bond donors (Lipinski definition) is 1. The van der Waals surface area contributed by atoms with Crippen LogP contribution in [-0.2, 0) is 6.54 Å². The Hall–Kier alpha value is -2.14. The third kappa shape index (κ3) is 2.64. The topological polar surface area (TPSA) is 63.8 Å². The Morgan fingerprint density at radius 2 is 2.09 bits per heavy atom. The van der Waals surface area contributed by atoms with Crippen LogP contribution in [-0.4, -0.2) is 24.6 Å². The molecule has 1 N–H and O–H groups in total. The van der Waals surface area contributed by atoms with E-state index in [2.05, 4.69) is 21.9 Å². The zero-order valence-electron chi connectivity index (χ0n) is 12.3. The van der Waals surface area contributed by atoms with Crippen LogP contribution in [0.15, 0.2) is 30.6 Å². The molecule has 5 nitrogen and oxygen atoms in total. The minimum atomic E-state index is -0.0296. The number of imidazole rings is 1. The number of unbranched alkanes of at least 4 members (excludes halogenated alkanes) is 2. The second-order valence-electron chi connectivity index (χ2n) is 5.14. The lowest BCUT2D eigenvalue weighted by Gasteiger charge is -2.10. The molecule has 0 spiro atoms. The van der Waals surface area contributed by atoms with Crippen LogP contribution < -0.4 is 0 Å². The first-order valence-corrected chi connectivity index (χ1v) is 7.75. The van der Waals surface area contributed by atoms with Crippen LogP contribution in [0, 0.1) is 0 Å². The van der Waals surface area contributed by atoms with Gasteiger partial charge in [0.2, 0.25) is 0 Å². The summed E-state index contributed by atoms with van der Waals surface area (Å²) < 4.78 is 1.77. The second kappa shape index (κ2) is 6.32. The third-order valence-electron chi connectivity index (χ3n) is 3.61. The average Bonchev–Trinajstić information content (AvgIpc) is 2.85. The second-order valence-corrected chi connectivity index (χ2v) is 5.55. The lowest BCUT2D eigenvalue weighted by Crippen LogP contribution is -2.00. The standard InChI is InChI=1S/C16H17ClN4O/c1-2-3-6-9-21-14-13(12-7-4-5-8-18-12)11(17)10-19-15(14)20-16(21)22/h4-5,7-8,10H,2-3,6,9H2,1H3,(H,19,20,22). The Morgan fingerprint density at radius 1 is 1.23 bits per heavy atom. The fourth-order valence-electron chi connectivity index (χ4n) is 2.55. The molecule has 0 aliphatic rings. The van der Waals surface area contributed by atoms with Gasteiger partial charge in [-0.1, -0.05) is 37.4 Å². The summed E-state index contributed by atoms with van der Waals surface area (Å²) in [4.78, 5) is 12.7. The minimum absolute atomic E-state index is 0.0296. The molecule has 3 heterocycles. The maximum absolute atomic E-state index is 10.1. The Kier molecular flexibility index (Phi) is 4.24. The summed E-state index contributed by atoms with van der Waals surface area (Å²) in [6, 6.07) is 5.62. The van der Waals surface area contributed by atoms with Crippen LogP contribution in [0.4, 0.5) is 0 Å². The van der Waals surface area contributed by atoms with Crippen LogP contribution in [0.5, 0.6) is 6.01 Å². The molecule has 6 heteroatoms. The molecule has 3 aromatic rings. The highest BCUT2D eigenvalue weighted by atomic mass is 35.5. The number of halogens is 1. The van der Waals surface area contributed by atoms with E-state index >= 15 is 0 Å². The molecular weight excluding hydrogens is 300 g/mol. The van der Waals surface area contributed by atoms with Crippen LogP contribution in [0.2, 0.25) is 5.02 Å². The molecule has 0 saturated heterocycles. The summed E-state index contributed by atoms with van der Waals surface area (Å²) in [6.07, 6.45) is 6.43. The molecule has 0 radical (unpaired) electrons. The van der Waals surface area contributed by atoms with Gasteiger partial charge in [-0.3, -0.25) is 9.55 Å². The molecule has 0 aliphatic carbocycles. The number of fused-ring (bicyclic) bond motifs is 1. The normalized spacial score (nSPS) is 11.2. The van der Waals surface area contributed by atoms with Crippen molar-refractivity contribution in [3.05, 3.63) is 35.6 Å². The number of nitrogens with zero attached hydrogens (tertiary/aromatic N) is 4. The largest absolute Gasteiger partial charge is 0.480 e. The number of pyridine rings is 2. The Balaban J connectivity index is 2.19. The number of rotatable bonds is 5. The highest BCUT2D eigenvalue weighted by molar-refractivity contribution is 6.34. The van der Waals surface area contributed by atoms with Gasteiger partial charge in [0, 0.05) is 24.5 Å². The number of aromatic nitrogens is 4. The molecule has 0 amide bonds. The van der Waals surface area contributed by atoms with E-state index in [0.29, 0.717) is 17.2 Å². The zero-order valence-corrected chi connectivity index (χ0v) is 13.1. The van der Waals surface area contributed by atoms with Crippen molar-refractivity contribution in [3.63, 3.8) is 0 Å². The minimum Gasteiger partial charge on any atom is -0.480 e. The summed E-state index contributed by atoms with van der Waals surface area (Å²) in [7, 11) is 0. The first-order chi connectivity index (χ1) is 10.7. The van der Waals surface area contributed by atoms with Crippen molar-refractivity contribution >= 4 is 22.8 Å². The van der Waals surface area contributed by atoms with Crippen LogP contribution >= 0.6 is 11.6 Å². The average molecular weight is 317 g/mol. The van der Waals surface area contributed by atoms with Crippen molar-refractivity contribution in [2.24, 2.45) is 0 Å². The van der Waals surface area contributed by atoms with Gasteiger partial charge in [-0.15, -0.1) is 0 Å². The molecule has 0 fully saturated rings. The molecule has 0 aromatic carbocycles. The molecule has 114 valence electrons. The molecule has 0 aliphatic heterocycles. The van der Waals surface area contributed by atoms with Gasteiger partial charge in [0.05, 0.1) is 10.7 Å². The van der Waals surface area contributed by atoms with Gasteiger partial charge in [0.1, 0.15) is 5.52 Å². The monoisotopic (exact) mass is 316 g/mol. The first-order valence-electron chi connectivity index (χ1n) is 7.37. The number of hydrogen-bond acceptors (Lipinski definition) is 4. The summed E-state index contributed by atoms with van der Waals surface area (Å²) in [6.45, 7) is 2.82. The van der Waals surface area contributed by atoms with E-state index in [1.54, 1.807) is 17.0 Å². The molecule has 3 rings (SSSR count). The smallest absolute Gasteiger partial charge is 0.296 e. The van der Waals surface area contributed by atoms with Gasteiger partial charge >= 0.3 is 0 Å². The number of aryl methyl sites for hydroxylation is 1. The Morgan fingerprint density at radius 3 is 2.82 bits per heavy atom. The molecule has 0 saturated carbocycles. The van der Waals surface area contributed by atoms with E-state index in [0.717, 1.165) is 36.0 Å². The van der Waals surface area contributed by atoms with E-state index in [1.807, 2.05) is 18.2 Å². The van der Waals surface area contributed by atoms with Gasteiger partial charge in [0.15, 0.2) is 5.65 Å². The predicted octanol–water partition coefficient (Wildman–Crippen LogP) is 4.04. The maximum atomic E-state index is 10.1. The van der Waals surface area contributed by atoms with Gasteiger partial charge in [-0.2, -0.15) is 4.98 Å². The molecule has 3 aromatic heterocycles. The van der Waals surface area contributed by atoms with E-state index in [9.17, 15) is 5.11 Å². The van der Waals surface area contributed by atoms with E-state index < -0.39 is 0 Å². The van der Waals surface area contributed by atoms with E-state index in [4.69, 9.17) is 11.6 Å². The van der Waals surface area contributed by atoms with Gasteiger partial charge in [0.25, 0.3) is 6.01 Å². The van der Waals surface area contributed by atoms with Crippen molar-refractivity contribution < 1.29 is 5.11 Å². The van der Waals surface area contributed by atoms with Crippen molar-refractivity contribution in [3.8, 4) is 17.3 Å². The zero-order chi connectivity index (χ0) is 15.5. The summed E-state index contributed by atoms with van der Waals surface area (Å²) in [5, 5.41) is 10.6. The van der Waals surface area contributed by atoms with Gasteiger partial charge < -0.3 is 5.11 Å². The Bertz CT molecular complexity index is 786. The third-order valence-corrected chi connectivity index (χ3v) is 3.90. The van der Waals surface area contributed by atoms with E-state index in [-0.39, 0.29) is 6.01 Å². The van der Waals surface area contributed by atoms with Gasteiger partial charge in [-0.05, 0) is 18.6 Å². The maximum Gasteiger partial charge on any atom is 0.296 e. The lowest BCUT2D eigenvalue weighted by molar-refractivity contribution is 0.397. The SMILES string of the molecule is CCCCCn1c(O)nc2ncc(Cl)c(-c3ccccn3)c21. The van der Waals surface area contributed by atoms with Crippen LogP contribution in [0.25, 0.3) is 22.4 Å². The molecule has 22 heavy (non-hydrogen) atoms. The van der Waals surface area contributed by atoms with Crippen molar-refractivity contribution in [2.75, 3.05) is 0 Å².